The minimum Gasteiger partial charge on any atom is -0.393 e. The molecule has 0 amide bonds. The Balaban J connectivity index is 1.95. The number of pyridine rings is 1. The normalized spacial score (nSPS) is 19.4. The number of aromatic nitrogens is 1. The molecule has 0 radical (unpaired) electrons. The molecule has 1 unspecified atom stereocenters. The standard InChI is InChI=1S/C14H22ClN3O/c1-10(19)11-5-7-18(8-6-11)9-13-12(15)3-4-14(16-2)17-13/h3-4,10-11,19H,5-9H2,1-2H3,(H,16,17). The SMILES string of the molecule is CNc1ccc(Cl)c(CN2CCC(C(C)O)CC2)n1. The molecule has 0 bridgehead atoms. The maximum Gasteiger partial charge on any atom is 0.126 e. The molecule has 2 heterocycles. The van der Waals surface area contributed by atoms with Gasteiger partial charge in [-0.1, -0.05) is 11.6 Å². The zero-order chi connectivity index (χ0) is 13.8. The van der Waals surface area contributed by atoms with Crippen LogP contribution in [0.4, 0.5) is 5.82 Å². The molecule has 1 atom stereocenters. The summed E-state index contributed by atoms with van der Waals surface area (Å²) in [5, 5.41) is 13.4. The van der Waals surface area contributed by atoms with Gasteiger partial charge < -0.3 is 10.4 Å². The first kappa shape index (κ1) is 14.6. The third kappa shape index (κ3) is 3.81. The van der Waals surface area contributed by atoms with Crippen LogP contribution in [0, 0.1) is 5.92 Å². The van der Waals surface area contributed by atoms with Gasteiger partial charge >= 0.3 is 0 Å². The van der Waals surface area contributed by atoms with Crippen molar-refractivity contribution >= 4 is 17.4 Å². The molecule has 4 nitrogen and oxygen atoms in total. The van der Waals surface area contributed by atoms with Gasteiger partial charge in [-0.05, 0) is 50.9 Å². The highest BCUT2D eigenvalue weighted by Crippen LogP contribution is 2.24. The molecule has 5 heteroatoms. The van der Waals surface area contributed by atoms with Crippen LogP contribution in [0.25, 0.3) is 0 Å². The Morgan fingerprint density at radius 1 is 1.47 bits per heavy atom. The Hall–Kier alpha value is -0.840. The van der Waals surface area contributed by atoms with Crippen molar-refractivity contribution in [1.29, 1.82) is 0 Å². The fourth-order valence-electron chi connectivity index (χ4n) is 2.54. The van der Waals surface area contributed by atoms with Gasteiger partial charge in [0.05, 0.1) is 16.8 Å². The van der Waals surface area contributed by atoms with Crippen molar-refractivity contribution in [3.05, 3.63) is 22.8 Å². The summed E-state index contributed by atoms with van der Waals surface area (Å²) in [6, 6.07) is 3.77. The Bertz CT molecular complexity index is 417. The second kappa shape index (κ2) is 6.55. The van der Waals surface area contributed by atoms with Crippen molar-refractivity contribution in [3.8, 4) is 0 Å². The fraction of sp³-hybridized carbons (Fsp3) is 0.643. The summed E-state index contributed by atoms with van der Waals surface area (Å²) in [5.74, 6) is 1.28. The lowest BCUT2D eigenvalue weighted by molar-refractivity contribution is 0.0692. The van der Waals surface area contributed by atoms with Crippen LogP contribution in [0.5, 0.6) is 0 Å². The summed E-state index contributed by atoms with van der Waals surface area (Å²) in [5.41, 5.74) is 0.920. The number of nitrogens with one attached hydrogen (secondary N) is 1. The fourth-order valence-corrected chi connectivity index (χ4v) is 2.70. The number of piperidine rings is 1. The summed E-state index contributed by atoms with van der Waals surface area (Å²) >= 11 is 6.19. The van der Waals surface area contributed by atoms with Gasteiger partial charge in [-0.3, -0.25) is 4.90 Å². The predicted octanol–water partition coefficient (Wildman–Crippen LogP) is 2.37. The number of hydrogen-bond acceptors (Lipinski definition) is 4. The monoisotopic (exact) mass is 283 g/mol. The number of likely N-dealkylation sites (tertiary alicyclic amines) is 1. The largest absolute Gasteiger partial charge is 0.393 e. The first-order chi connectivity index (χ1) is 9.10. The van der Waals surface area contributed by atoms with Crippen LogP contribution in [0.2, 0.25) is 5.02 Å². The molecular formula is C14H22ClN3O. The van der Waals surface area contributed by atoms with E-state index in [4.69, 9.17) is 11.6 Å². The third-order valence-electron chi connectivity index (χ3n) is 3.86. The van der Waals surface area contributed by atoms with Crippen molar-refractivity contribution < 1.29 is 5.11 Å². The second-order valence-corrected chi connectivity index (χ2v) is 5.64. The second-order valence-electron chi connectivity index (χ2n) is 5.23. The number of anilines is 1. The van der Waals surface area contributed by atoms with Gasteiger partial charge in [0.2, 0.25) is 0 Å². The van der Waals surface area contributed by atoms with Crippen LogP contribution in [0.1, 0.15) is 25.5 Å². The highest BCUT2D eigenvalue weighted by atomic mass is 35.5. The van der Waals surface area contributed by atoms with E-state index in [1.807, 2.05) is 26.1 Å². The van der Waals surface area contributed by atoms with Crippen LogP contribution in [-0.2, 0) is 6.54 Å². The van der Waals surface area contributed by atoms with Gasteiger partial charge in [0.1, 0.15) is 5.82 Å². The minimum absolute atomic E-state index is 0.198. The van der Waals surface area contributed by atoms with Crippen LogP contribution >= 0.6 is 11.6 Å². The van der Waals surface area contributed by atoms with Gasteiger partial charge in [0.25, 0.3) is 0 Å². The molecule has 0 aliphatic carbocycles. The molecule has 0 aromatic carbocycles. The van der Waals surface area contributed by atoms with Gasteiger partial charge in [-0.15, -0.1) is 0 Å². The number of halogens is 1. The first-order valence-electron chi connectivity index (χ1n) is 6.83. The van der Waals surface area contributed by atoms with Crippen molar-refractivity contribution in [2.45, 2.75) is 32.4 Å². The molecular weight excluding hydrogens is 262 g/mol. The molecule has 2 rings (SSSR count). The van der Waals surface area contributed by atoms with E-state index < -0.39 is 0 Å². The lowest BCUT2D eigenvalue weighted by Gasteiger charge is -2.33. The molecule has 1 aromatic rings. The summed E-state index contributed by atoms with van der Waals surface area (Å²) in [6.07, 6.45) is 1.89. The quantitative estimate of drug-likeness (QED) is 0.891. The van der Waals surface area contributed by atoms with Crippen molar-refractivity contribution in [2.75, 3.05) is 25.5 Å². The molecule has 1 saturated heterocycles. The average Bonchev–Trinajstić information content (AvgIpc) is 2.42. The number of aliphatic hydroxyl groups is 1. The molecule has 1 fully saturated rings. The Morgan fingerprint density at radius 2 is 2.16 bits per heavy atom. The number of nitrogens with zero attached hydrogens (tertiary/aromatic N) is 2. The lowest BCUT2D eigenvalue weighted by atomic mass is 9.92. The number of aliphatic hydroxyl groups excluding tert-OH is 1. The lowest BCUT2D eigenvalue weighted by Crippen LogP contribution is -2.36. The summed E-state index contributed by atoms with van der Waals surface area (Å²) in [7, 11) is 1.86. The average molecular weight is 284 g/mol. The zero-order valence-electron chi connectivity index (χ0n) is 11.6. The molecule has 0 spiro atoms. The van der Waals surface area contributed by atoms with Crippen LogP contribution < -0.4 is 5.32 Å². The van der Waals surface area contributed by atoms with Gasteiger partial charge in [0, 0.05) is 13.6 Å². The molecule has 1 aliphatic rings. The van der Waals surface area contributed by atoms with E-state index >= 15 is 0 Å². The Labute approximate surface area is 119 Å². The predicted molar refractivity (Wildman–Crippen MR) is 78.5 cm³/mol. The maximum absolute atomic E-state index is 9.61. The van der Waals surface area contributed by atoms with E-state index in [0.29, 0.717) is 5.92 Å². The van der Waals surface area contributed by atoms with Gasteiger partial charge in [-0.25, -0.2) is 4.98 Å². The van der Waals surface area contributed by atoms with E-state index in [1.165, 1.54) is 0 Å². The number of hydrogen-bond donors (Lipinski definition) is 2. The molecule has 1 aliphatic heterocycles. The molecule has 1 aromatic heterocycles. The molecule has 0 saturated carbocycles. The highest BCUT2D eigenvalue weighted by molar-refractivity contribution is 6.31. The number of rotatable bonds is 4. The summed E-state index contributed by atoms with van der Waals surface area (Å²) < 4.78 is 0. The van der Waals surface area contributed by atoms with Gasteiger partial charge in [-0.2, -0.15) is 0 Å². The first-order valence-corrected chi connectivity index (χ1v) is 7.21. The van der Waals surface area contributed by atoms with Crippen LogP contribution in [0.3, 0.4) is 0 Å². The zero-order valence-corrected chi connectivity index (χ0v) is 12.3. The van der Waals surface area contributed by atoms with Crippen molar-refractivity contribution in [2.24, 2.45) is 5.92 Å². The van der Waals surface area contributed by atoms with Crippen molar-refractivity contribution in [1.82, 2.24) is 9.88 Å². The van der Waals surface area contributed by atoms with Crippen LogP contribution in [-0.4, -0.2) is 41.2 Å². The van der Waals surface area contributed by atoms with E-state index in [0.717, 1.165) is 49.0 Å². The van der Waals surface area contributed by atoms with Crippen molar-refractivity contribution in [3.63, 3.8) is 0 Å². The van der Waals surface area contributed by atoms with E-state index in [-0.39, 0.29) is 6.10 Å². The molecule has 106 valence electrons. The third-order valence-corrected chi connectivity index (χ3v) is 4.21. The van der Waals surface area contributed by atoms with E-state index in [2.05, 4.69) is 15.2 Å². The van der Waals surface area contributed by atoms with Crippen LogP contribution in [0.15, 0.2) is 12.1 Å². The topological polar surface area (TPSA) is 48.4 Å². The van der Waals surface area contributed by atoms with Gasteiger partial charge in [0.15, 0.2) is 0 Å². The highest BCUT2D eigenvalue weighted by Gasteiger charge is 2.23. The smallest absolute Gasteiger partial charge is 0.126 e. The Morgan fingerprint density at radius 3 is 2.74 bits per heavy atom. The van der Waals surface area contributed by atoms with E-state index in [1.54, 1.807) is 0 Å². The summed E-state index contributed by atoms with van der Waals surface area (Å²) in [6.45, 7) is 4.66. The van der Waals surface area contributed by atoms with E-state index in [9.17, 15) is 5.11 Å². The summed E-state index contributed by atoms with van der Waals surface area (Å²) in [4.78, 5) is 6.86. The maximum atomic E-state index is 9.61. The minimum atomic E-state index is -0.198. The Kier molecular flexibility index (Phi) is 5.02. The molecule has 2 N–H and O–H groups in total. The molecule has 19 heavy (non-hydrogen) atoms.